The summed E-state index contributed by atoms with van der Waals surface area (Å²) in [6.45, 7) is 0.705. The van der Waals surface area contributed by atoms with Crippen molar-refractivity contribution in [3.63, 3.8) is 0 Å². The van der Waals surface area contributed by atoms with E-state index in [9.17, 15) is 0 Å². The molecule has 2 aliphatic rings. The molecule has 1 saturated carbocycles. The molecular formula is C22H31Cl2N7S. The fraction of sp³-hybridized carbons (Fsp3) is 0.500. The summed E-state index contributed by atoms with van der Waals surface area (Å²) in [5.74, 6) is 3.79. The second-order valence-corrected chi connectivity index (χ2v) is 9.48. The Bertz CT molecular complexity index is 987. The maximum Gasteiger partial charge on any atom is 0.227 e. The minimum atomic E-state index is 0. The van der Waals surface area contributed by atoms with Crippen molar-refractivity contribution in [2.24, 2.45) is 5.73 Å². The number of rotatable bonds is 6. The van der Waals surface area contributed by atoms with Crippen molar-refractivity contribution in [3.05, 3.63) is 42.2 Å². The van der Waals surface area contributed by atoms with Gasteiger partial charge in [-0.1, -0.05) is 30.3 Å². The van der Waals surface area contributed by atoms with Crippen LogP contribution < -0.4 is 16.4 Å². The van der Waals surface area contributed by atoms with Gasteiger partial charge >= 0.3 is 0 Å². The number of hydrogen-bond acceptors (Lipinski definition) is 7. The Morgan fingerprint density at radius 3 is 2.53 bits per heavy atom. The van der Waals surface area contributed by atoms with Crippen molar-refractivity contribution in [3.8, 4) is 0 Å². The monoisotopic (exact) mass is 495 g/mol. The molecular weight excluding hydrogens is 465 g/mol. The van der Waals surface area contributed by atoms with E-state index in [1.807, 2.05) is 24.2 Å². The Balaban J connectivity index is 0.00000144. The van der Waals surface area contributed by atoms with Gasteiger partial charge in [0.25, 0.3) is 0 Å². The van der Waals surface area contributed by atoms with Crippen molar-refractivity contribution in [2.45, 2.75) is 56.8 Å². The molecule has 5 rings (SSSR count). The van der Waals surface area contributed by atoms with Gasteiger partial charge in [0, 0.05) is 30.4 Å². The lowest BCUT2D eigenvalue weighted by Crippen LogP contribution is -2.33. The highest BCUT2D eigenvalue weighted by atomic mass is 35.5. The van der Waals surface area contributed by atoms with Gasteiger partial charge in [0.05, 0.1) is 6.33 Å². The summed E-state index contributed by atoms with van der Waals surface area (Å²) < 4.78 is 2.24. The van der Waals surface area contributed by atoms with Crippen LogP contribution in [-0.4, -0.2) is 43.1 Å². The molecule has 174 valence electrons. The molecule has 3 aromatic rings. The van der Waals surface area contributed by atoms with E-state index in [4.69, 9.17) is 20.7 Å². The summed E-state index contributed by atoms with van der Waals surface area (Å²) in [5, 5.41) is 7.08. The maximum absolute atomic E-state index is 6.08. The number of nitrogens with two attached hydrogens (primary N) is 1. The molecule has 0 spiro atoms. The van der Waals surface area contributed by atoms with Crippen LogP contribution in [0.5, 0.6) is 0 Å². The van der Waals surface area contributed by atoms with Crippen molar-refractivity contribution in [1.29, 1.82) is 0 Å². The first kappa shape index (κ1) is 24.9. The zero-order valence-corrected chi connectivity index (χ0v) is 20.4. The van der Waals surface area contributed by atoms with E-state index in [1.165, 1.54) is 11.3 Å². The van der Waals surface area contributed by atoms with Gasteiger partial charge in [0.1, 0.15) is 0 Å². The Hall–Kier alpha value is -1.74. The average Bonchev–Trinajstić information content (AvgIpc) is 3.44. The van der Waals surface area contributed by atoms with Crippen molar-refractivity contribution in [1.82, 2.24) is 19.5 Å². The summed E-state index contributed by atoms with van der Waals surface area (Å²) in [6, 6.07) is 11.5. The number of hydrogen-bond donors (Lipinski definition) is 3. The van der Waals surface area contributed by atoms with Gasteiger partial charge in [-0.05, 0) is 43.4 Å². The average molecular weight is 497 g/mol. The third kappa shape index (κ3) is 5.60. The summed E-state index contributed by atoms with van der Waals surface area (Å²) >= 11 is 2.00. The molecule has 10 heteroatoms. The van der Waals surface area contributed by atoms with Crippen molar-refractivity contribution < 1.29 is 0 Å². The molecule has 7 nitrogen and oxygen atoms in total. The summed E-state index contributed by atoms with van der Waals surface area (Å²) in [4.78, 5) is 14.4. The van der Waals surface area contributed by atoms with Crippen molar-refractivity contribution >= 4 is 59.5 Å². The SMILES string of the molecule is Cl.Cl.N[C@H]1CC[C@H](Nc2nc(NCc3ccccc3)c3ncn(C4CCSC4)c3n2)CC1. The minimum absolute atomic E-state index is 0. The van der Waals surface area contributed by atoms with Crippen LogP contribution in [0, 0.1) is 0 Å². The first-order valence-corrected chi connectivity index (χ1v) is 12.0. The molecule has 0 bridgehead atoms. The molecule has 1 aliphatic carbocycles. The number of imidazole rings is 1. The topological polar surface area (TPSA) is 93.7 Å². The van der Waals surface area contributed by atoms with Crippen LogP contribution in [0.1, 0.15) is 43.7 Å². The third-order valence-corrected chi connectivity index (χ3v) is 7.27. The van der Waals surface area contributed by atoms with Gasteiger partial charge in [-0.3, -0.25) is 0 Å². The van der Waals surface area contributed by atoms with Gasteiger partial charge < -0.3 is 20.9 Å². The quantitative estimate of drug-likeness (QED) is 0.458. The Morgan fingerprint density at radius 2 is 1.81 bits per heavy atom. The lowest BCUT2D eigenvalue weighted by atomic mass is 9.92. The van der Waals surface area contributed by atoms with Crippen LogP contribution in [0.2, 0.25) is 0 Å². The highest BCUT2D eigenvalue weighted by Crippen LogP contribution is 2.32. The molecule has 3 heterocycles. The first-order valence-electron chi connectivity index (χ1n) is 10.9. The summed E-state index contributed by atoms with van der Waals surface area (Å²) in [5.41, 5.74) is 9.06. The lowest BCUT2D eigenvalue weighted by Gasteiger charge is -2.27. The second kappa shape index (κ2) is 11.4. The summed E-state index contributed by atoms with van der Waals surface area (Å²) in [6.07, 6.45) is 7.33. The number of fused-ring (bicyclic) bond motifs is 1. The van der Waals surface area contributed by atoms with Crippen molar-refractivity contribution in [2.75, 3.05) is 22.1 Å². The van der Waals surface area contributed by atoms with E-state index >= 15 is 0 Å². The highest BCUT2D eigenvalue weighted by molar-refractivity contribution is 7.99. The van der Waals surface area contributed by atoms with E-state index in [-0.39, 0.29) is 24.8 Å². The number of thioether (sulfide) groups is 1. The van der Waals surface area contributed by atoms with E-state index in [0.29, 0.717) is 30.6 Å². The van der Waals surface area contributed by atoms with Crippen LogP contribution in [0.15, 0.2) is 36.7 Å². The Morgan fingerprint density at radius 1 is 1.03 bits per heavy atom. The number of nitrogens with one attached hydrogen (secondary N) is 2. The fourth-order valence-electron chi connectivity index (χ4n) is 4.34. The molecule has 32 heavy (non-hydrogen) atoms. The molecule has 2 fully saturated rings. The molecule has 0 amide bonds. The number of anilines is 2. The largest absolute Gasteiger partial charge is 0.364 e. The zero-order valence-electron chi connectivity index (χ0n) is 17.9. The molecule has 1 atom stereocenters. The van der Waals surface area contributed by atoms with Crippen LogP contribution in [0.3, 0.4) is 0 Å². The van der Waals surface area contributed by atoms with Gasteiger partial charge in [0.2, 0.25) is 5.95 Å². The highest BCUT2D eigenvalue weighted by Gasteiger charge is 2.24. The Kier molecular flexibility index (Phi) is 8.87. The van der Waals surface area contributed by atoms with E-state index in [1.54, 1.807) is 0 Å². The van der Waals surface area contributed by atoms with E-state index in [2.05, 4.69) is 39.5 Å². The third-order valence-electron chi connectivity index (χ3n) is 6.13. The predicted octanol–water partition coefficient (Wildman–Crippen LogP) is 4.64. The molecule has 1 saturated heterocycles. The van der Waals surface area contributed by atoms with Crippen LogP contribution in [-0.2, 0) is 6.54 Å². The van der Waals surface area contributed by atoms with Crippen LogP contribution in [0.4, 0.5) is 11.8 Å². The number of halogens is 2. The van der Waals surface area contributed by atoms with Gasteiger partial charge in [-0.15, -0.1) is 24.8 Å². The number of nitrogens with zero attached hydrogens (tertiary/aromatic N) is 4. The second-order valence-electron chi connectivity index (χ2n) is 8.33. The van der Waals surface area contributed by atoms with E-state index in [0.717, 1.165) is 54.8 Å². The zero-order chi connectivity index (χ0) is 20.3. The first-order chi connectivity index (χ1) is 14.8. The lowest BCUT2D eigenvalue weighted by molar-refractivity contribution is 0.410. The summed E-state index contributed by atoms with van der Waals surface area (Å²) in [7, 11) is 0. The van der Waals surface area contributed by atoms with Gasteiger partial charge in [0.15, 0.2) is 17.0 Å². The maximum atomic E-state index is 6.08. The Labute approximate surface area is 205 Å². The van der Waals surface area contributed by atoms with Crippen LogP contribution >= 0.6 is 36.6 Å². The van der Waals surface area contributed by atoms with Gasteiger partial charge in [-0.2, -0.15) is 21.7 Å². The molecule has 1 aliphatic heterocycles. The predicted molar refractivity (Wildman–Crippen MR) is 138 cm³/mol. The molecule has 4 N–H and O–H groups in total. The minimum Gasteiger partial charge on any atom is -0.364 e. The smallest absolute Gasteiger partial charge is 0.227 e. The molecule has 0 radical (unpaired) electrons. The number of aromatic nitrogens is 4. The fourth-order valence-corrected chi connectivity index (χ4v) is 5.55. The van der Waals surface area contributed by atoms with Gasteiger partial charge in [-0.25, -0.2) is 4.98 Å². The normalized spacial score (nSPS) is 22.7. The van der Waals surface area contributed by atoms with Crippen LogP contribution in [0.25, 0.3) is 11.2 Å². The van der Waals surface area contributed by atoms with E-state index < -0.39 is 0 Å². The molecule has 2 aromatic heterocycles. The standard InChI is InChI=1S/C22H29N7S.2ClH/c23-16-6-8-17(9-7-16)26-22-27-20(24-12-15-4-2-1-3-5-15)19-21(28-22)29(14-25-19)18-10-11-30-13-18;;/h1-5,14,16-18H,6-13,23H2,(H2,24,26,27,28);2*1H/t16-,17-,18?;;. The molecule has 1 aromatic carbocycles. The molecule has 1 unspecified atom stereocenters. The number of benzene rings is 1.